The number of carbonyl (C=O) groups is 2. The number of thiophene rings is 1. The van der Waals surface area contributed by atoms with E-state index in [4.69, 9.17) is 16.3 Å². The molecule has 7 heteroatoms. The number of carbonyl (C=O) groups excluding carboxylic acids is 1. The normalized spacial score (nSPS) is 18.0. The van der Waals surface area contributed by atoms with Gasteiger partial charge in [0.15, 0.2) is 0 Å². The Labute approximate surface area is 143 Å². The lowest BCUT2D eigenvalue weighted by atomic mass is 9.81. The number of carboxylic acid groups (broad SMARTS) is 1. The summed E-state index contributed by atoms with van der Waals surface area (Å²) in [7, 11) is 0. The molecule has 1 unspecified atom stereocenters. The maximum atomic E-state index is 12.5. The van der Waals surface area contributed by atoms with Gasteiger partial charge in [-0.05, 0) is 37.3 Å². The van der Waals surface area contributed by atoms with Crippen LogP contribution in [0.5, 0.6) is 0 Å². The quantitative estimate of drug-likeness (QED) is 0.788. The average molecular weight is 356 g/mol. The highest BCUT2D eigenvalue weighted by molar-refractivity contribution is 7.14. The van der Waals surface area contributed by atoms with Crippen LogP contribution in [0, 0.1) is 0 Å². The number of esters is 1. The van der Waals surface area contributed by atoms with Crippen LogP contribution in [0.1, 0.15) is 38.7 Å². The zero-order valence-corrected chi connectivity index (χ0v) is 14.7. The van der Waals surface area contributed by atoms with Gasteiger partial charge in [0.2, 0.25) is 0 Å². The molecule has 0 aliphatic carbocycles. The first kappa shape index (κ1) is 17.6. The third kappa shape index (κ3) is 3.43. The highest BCUT2D eigenvalue weighted by Crippen LogP contribution is 2.43. The predicted molar refractivity (Wildman–Crippen MR) is 89.5 cm³/mol. The zero-order valence-electron chi connectivity index (χ0n) is 13.1. The zero-order chi connectivity index (χ0) is 17.1. The molecule has 5 nitrogen and oxygen atoms in total. The summed E-state index contributed by atoms with van der Waals surface area (Å²) < 4.78 is 5.71. The van der Waals surface area contributed by atoms with Gasteiger partial charge in [0, 0.05) is 11.4 Å². The monoisotopic (exact) mass is 355 g/mol. The molecule has 0 spiro atoms. The molecule has 124 valence electrons. The van der Waals surface area contributed by atoms with E-state index in [0.717, 1.165) is 0 Å². The van der Waals surface area contributed by atoms with Crippen molar-refractivity contribution in [3.63, 3.8) is 0 Å². The fourth-order valence-corrected chi connectivity index (χ4v) is 3.62. The van der Waals surface area contributed by atoms with Crippen molar-refractivity contribution in [1.82, 2.24) is 5.32 Å². The number of rotatable bonds is 5. The third-order valence-electron chi connectivity index (χ3n) is 3.61. The molecule has 0 saturated heterocycles. The van der Waals surface area contributed by atoms with Crippen molar-refractivity contribution in [2.24, 2.45) is 0 Å². The van der Waals surface area contributed by atoms with E-state index in [2.05, 4.69) is 5.32 Å². The number of hydrogen-bond acceptors (Lipinski definition) is 5. The summed E-state index contributed by atoms with van der Waals surface area (Å²) in [4.78, 5) is 24.2. The topological polar surface area (TPSA) is 75.6 Å². The van der Waals surface area contributed by atoms with Gasteiger partial charge in [0.05, 0.1) is 28.0 Å². The number of hydrogen-bond donors (Lipinski definition) is 2. The van der Waals surface area contributed by atoms with Crippen molar-refractivity contribution in [2.45, 2.75) is 33.1 Å². The predicted octanol–water partition coefficient (Wildman–Crippen LogP) is 3.67. The molecule has 1 aromatic rings. The number of ether oxygens (including phenoxy) is 1. The van der Waals surface area contributed by atoms with Crippen LogP contribution in [0.3, 0.4) is 0 Å². The van der Waals surface area contributed by atoms with E-state index < -0.39 is 17.9 Å². The van der Waals surface area contributed by atoms with Gasteiger partial charge in [-0.3, -0.25) is 0 Å². The standard InChI is InChI=1S/C16H18ClNO4S/c1-4-6-22-16(21)12-9(3)18-8(2)11(15(19)20)13(12)10-5-7-23-14(10)17/h5,7,13,18H,4,6H2,1-3H3,(H,19,20). The van der Waals surface area contributed by atoms with Crippen LogP contribution in [0.15, 0.2) is 34.0 Å². The number of allylic oxidation sites excluding steroid dienone is 2. The fraction of sp³-hybridized carbons (Fsp3) is 0.375. The van der Waals surface area contributed by atoms with Gasteiger partial charge in [-0.1, -0.05) is 18.5 Å². The molecule has 1 aliphatic heterocycles. The van der Waals surface area contributed by atoms with E-state index in [1.54, 1.807) is 25.3 Å². The summed E-state index contributed by atoms with van der Waals surface area (Å²) in [5, 5.41) is 14.4. The Kier molecular flexibility index (Phi) is 5.49. The van der Waals surface area contributed by atoms with Gasteiger partial charge in [0.1, 0.15) is 0 Å². The van der Waals surface area contributed by atoms with Crippen LogP contribution in [0.2, 0.25) is 4.34 Å². The number of carboxylic acids is 1. The molecule has 23 heavy (non-hydrogen) atoms. The molecule has 0 aromatic carbocycles. The highest BCUT2D eigenvalue weighted by Gasteiger charge is 2.38. The molecule has 0 fully saturated rings. The minimum Gasteiger partial charge on any atom is -0.478 e. The lowest BCUT2D eigenvalue weighted by Crippen LogP contribution is -2.31. The molecule has 0 bridgehead atoms. The molecule has 2 N–H and O–H groups in total. The number of aliphatic carboxylic acids is 1. The van der Waals surface area contributed by atoms with E-state index in [1.165, 1.54) is 11.3 Å². The Bertz CT molecular complexity index is 705. The van der Waals surface area contributed by atoms with E-state index in [9.17, 15) is 14.7 Å². The van der Waals surface area contributed by atoms with Crippen molar-refractivity contribution < 1.29 is 19.4 Å². The molecule has 1 aliphatic rings. The van der Waals surface area contributed by atoms with E-state index >= 15 is 0 Å². The van der Waals surface area contributed by atoms with Gasteiger partial charge >= 0.3 is 11.9 Å². The number of dihydropyridines is 1. The first-order valence-corrected chi connectivity index (χ1v) is 8.46. The lowest BCUT2D eigenvalue weighted by Gasteiger charge is -2.29. The molecular formula is C16H18ClNO4S. The first-order chi connectivity index (χ1) is 10.9. The summed E-state index contributed by atoms with van der Waals surface area (Å²) in [6.45, 7) is 5.59. The Morgan fingerprint density at radius 2 is 2.00 bits per heavy atom. The van der Waals surface area contributed by atoms with Crippen LogP contribution in [0.4, 0.5) is 0 Å². The first-order valence-electron chi connectivity index (χ1n) is 7.20. The fourth-order valence-electron chi connectivity index (χ4n) is 2.64. The maximum absolute atomic E-state index is 12.5. The van der Waals surface area contributed by atoms with Gasteiger partial charge in [-0.15, -0.1) is 11.3 Å². The molecule has 2 heterocycles. The Morgan fingerprint density at radius 1 is 1.35 bits per heavy atom. The van der Waals surface area contributed by atoms with Crippen LogP contribution < -0.4 is 5.32 Å². The van der Waals surface area contributed by atoms with E-state index in [0.29, 0.717) is 33.3 Å². The van der Waals surface area contributed by atoms with Crippen LogP contribution in [-0.4, -0.2) is 23.7 Å². The van der Waals surface area contributed by atoms with E-state index in [1.807, 2.05) is 6.92 Å². The second-order valence-electron chi connectivity index (χ2n) is 5.23. The summed E-state index contributed by atoms with van der Waals surface area (Å²) in [5.74, 6) is -2.34. The van der Waals surface area contributed by atoms with Crippen molar-refractivity contribution >= 4 is 34.9 Å². The lowest BCUT2D eigenvalue weighted by molar-refractivity contribution is -0.139. The number of nitrogens with one attached hydrogen (secondary N) is 1. The van der Waals surface area contributed by atoms with E-state index in [-0.39, 0.29) is 12.2 Å². The van der Waals surface area contributed by atoms with Gasteiger partial charge in [0.25, 0.3) is 0 Å². The Hall–Kier alpha value is -1.79. The molecule has 0 saturated carbocycles. The molecule has 1 atom stereocenters. The smallest absolute Gasteiger partial charge is 0.336 e. The van der Waals surface area contributed by atoms with Gasteiger partial charge < -0.3 is 15.2 Å². The molecular weight excluding hydrogens is 338 g/mol. The second kappa shape index (κ2) is 7.19. The average Bonchev–Trinajstić information content (AvgIpc) is 2.89. The van der Waals surface area contributed by atoms with Crippen LogP contribution >= 0.6 is 22.9 Å². The summed E-state index contributed by atoms with van der Waals surface area (Å²) in [5.41, 5.74) is 2.09. The molecule has 2 rings (SSSR count). The van der Waals surface area contributed by atoms with Gasteiger partial charge in [-0.25, -0.2) is 9.59 Å². The maximum Gasteiger partial charge on any atom is 0.336 e. The molecule has 0 amide bonds. The van der Waals surface area contributed by atoms with Crippen molar-refractivity contribution in [1.29, 1.82) is 0 Å². The highest BCUT2D eigenvalue weighted by atomic mass is 35.5. The van der Waals surface area contributed by atoms with Crippen LogP contribution in [0.25, 0.3) is 0 Å². The Balaban J connectivity index is 2.58. The van der Waals surface area contributed by atoms with Crippen LogP contribution in [-0.2, 0) is 14.3 Å². The second-order valence-corrected chi connectivity index (χ2v) is 6.74. The summed E-state index contributed by atoms with van der Waals surface area (Å²) in [6.07, 6.45) is 0.691. The van der Waals surface area contributed by atoms with Crippen molar-refractivity contribution in [3.05, 3.63) is 43.9 Å². The number of halogens is 1. The third-order valence-corrected chi connectivity index (χ3v) is 4.81. The van der Waals surface area contributed by atoms with Crippen molar-refractivity contribution in [3.8, 4) is 0 Å². The largest absolute Gasteiger partial charge is 0.478 e. The molecule has 1 aromatic heterocycles. The summed E-state index contributed by atoms with van der Waals surface area (Å²) >= 11 is 7.52. The van der Waals surface area contributed by atoms with Crippen molar-refractivity contribution in [2.75, 3.05) is 6.61 Å². The molecule has 0 radical (unpaired) electrons. The minimum absolute atomic E-state index is 0.111. The SMILES string of the molecule is CCCOC(=O)C1=C(C)NC(C)=C(C(=O)O)C1c1ccsc1Cl. The summed E-state index contributed by atoms with van der Waals surface area (Å²) in [6, 6.07) is 1.75. The Morgan fingerprint density at radius 3 is 2.52 bits per heavy atom. The van der Waals surface area contributed by atoms with Gasteiger partial charge in [-0.2, -0.15) is 0 Å². The minimum atomic E-state index is -1.09.